The molecule has 2 rings (SSSR count). The zero-order valence-electron chi connectivity index (χ0n) is 17.7. The molecule has 0 saturated carbocycles. The summed E-state index contributed by atoms with van der Waals surface area (Å²) in [4.78, 5) is 9.25. The Morgan fingerprint density at radius 3 is 2.39 bits per heavy atom. The van der Waals surface area contributed by atoms with Crippen LogP contribution in [0.25, 0.3) is 0 Å². The molecule has 7 heteroatoms. The van der Waals surface area contributed by atoms with Gasteiger partial charge in [0.05, 0.1) is 26.4 Å². The first-order valence-electron chi connectivity index (χ1n) is 10.2. The Hall–Kier alpha value is -1.99. The Bertz CT molecular complexity index is 584. The minimum absolute atomic E-state index is 0.326. The summed E-state index contributed by atoms with van der Waals surface area (Å²) in [6.07, 6.45) is -0.576. The van der Waals surface area contributed by atoms with E-state index in [1.807, 2.05) is 12.1 Å². The highest BCUT2D eigenvalue weighted by Crippen LogP contribution is 2.20. The number of hydrogen-bond donors (Lipinski definition) is 2. The highest BCUT2D eigenvalue weighted by molar-refractivity contribution is 5.80. The number of benzene rings is 1. The third kappa shape index (κ3) is 7.20. The van der Waals surface area contributed by atoms with Gasteiger partial charge in [0.1, 0.15) is 5.75 Å². The van der Waals surface area contributed by atoms with E-state index >= 15 is 0 Å². The Kier molecular flexibility index (Phi) is 9.37. The second-order valence-electron chi connectivity index (χ2n) is 7.45. The molecule has 1 aromatic carbocycles. The minimum Gasteiger partial charge on any atom is -0.497 e. The molecule has 158 valence electrons. The highest BCUT2D eigenvalue weighted by atomic mass is 16.5. The van der Waals surface area contributed by atoms with Crippen LogP contribution in [0.5, 0.6) is 5.75 Å². The van der Waals surface area contributed by atoms with E-state index < -0.39 is 6.10 Å². The number of guanidine groups is 1. The van der Waals surface area contributed by atoms with Gasteiger partial charge < -0.3 is 29.7 Å². The van der Waals surface area contributed by atoms with Crippen molar-refractivity contribution in [2.75, 3.05) is 64.5 Å². The van der Waals surface area contributed by atoms with Crippen LogP contribution in [0.4, 0.5) is 5.69 Å². The first-order chi connectivity index (χ1) is 13.5. The topological polar surface area (TPSA) is 69.6 Å². The third-order valence-corrected chi connectivity index (χ3v) is 4.56. The van der Waals surface area contributed by atoms with Gasteiger partial charge in [-0.3, -0.25) is 4.99 Å². The van der Waals surface area contributed by atoms with Gasteiger partial charge in [-0.1, -0.05) is 13.8 Å². The van der Waals surface area contributed by atoms with Crippen LogP contribution in [0.2, 0.25) is 0 Å². The highest BCUT2D eigenvalue weighted by Gasteiger charge is 2.20. The van der Waals surface area contributed by atoms with Crippen molar-refractivity contribution < 1.29 is 14.6 Å². The van der Waals surface area contributed by atoms with Crippen LogP contribution >= 0.6 is 0 Å². The van der Waals surface area contributed by atoms with Gasteiger partial charge in [0.15, 0.2) is 5.96 Å². The first kappa shape index (κ1) is 22.3. The SMILES string of the molecule is CCNC(=NCC(O)COCC(C)C)N1CCN(c2ccc(OC)cc2)CC1. The average Bonchev–Trinajstić information content (AvgIpc) is 2.71. The molecule has 0 bridgehead atoms. The molecule has 1 atom stereocenters. The van der Waals surface area contributed by atoms with Gasteiger partial charge >= 0.3 is 0 Å². The number of piperazine rings is 1. The smallest absolute Gasteiger partial charge is 0.194 e. The van der Waals surface area contributed by atoms with Crippen molar-refractivity contribution in [3.63, 3.8) is 0 Å². The first-order valence-corrected chi connectivity index (χ1v) is 10.2. The van der Waals surface area contributed by atoms with Crippen LogP contribution in [0.3, 0.4) is 0 Å². The fraction of sp³-hybridized carbons (Fsp3) is 0.667. The third-order valence-electron chi connectivity index (χ3n) is 4.56. The Labute approximate surface area is 169 Å². The lowest BCUT2D eigenvalue weighted by Crippen LogP contribution is -2.52. The Morgan fingerprint density at radius 2 is 1.82 bits per heavy atom. The molecular weight excluding hydrogens is 356 g/mol. The molecule has 1 heterocycles. The summed E-state index contributed by atoms with van der Waals surface area (Å²) in [5, 5.41) is 13.5. The fourth-order valence-corrected chi connectivity index (χ4v) is 3.08. The molecule has 0 aliphatic carbocycles. The van der Waals surface area contributed by atoms with Crippen molar-refractivity contribution in [3.05, 3.63) is 24.3 Å². The maximum atomic E-state index is 10.1. The molecule has 1 aliphatic heterocycles. The number of aliphatic imine (C=N–C) groups is 1. The zero-order chi connectivity index (χ0) is 20.4. The number of ether oxygens (including phenoxy) is 2. The van der Waals surface area contributed by atoms with Crippen LogP contribution in [0, 0.1) is 5.92 Å². The second-order valence-corrected chi connectivity index (χ2v) is 7.45. The van der Waals surface area contributed by atoms with Crippen molar-refractivity contribution in [2.45, 2.75) is 26.9 Å². The summed E-state index contributed by atoms with van der Waals surface area (Å²) in [6.45, 7) is 12.0. The van der Waals surface area contributed by atoms with E-state index in [0.717, 1.165) is 44.4 Å². The summed E-state index contributed by atoms with van der Waals surface area (Å²) in [7, 11) is 1.68. The molecule has 1 saturated heterocycles. The van der Waals surface area contributed by atoms with Gasteiger partial charge in [-0.2, -0.15) is 0 Å². The molecular formula is C21H36N4O3. The number of aliphatic hydroxyl groups is 1. The molecule has 1 fully saturated rings. The van der Waals surface area contributed by atoms with Gasteiger partial charge in [0.25, 0.3) is 0 Å². The van der Waals surface area contributed by atoms with Crippen molar-refractivity contribution >= 4 is 11.6 Å². The van der Waals surface area contributed by atoms with E-state index in [1.165, 1.54) is 5.69 Å². The van der Waals surface area contributed by atoms with Crippen LogP contribution in [0.15, 0.2) is 29.3 Å². The summed E-state index contributed by atoms with van der Waals surface area (Å²) < 4.78 is 10.7. The summed E-state index contributed by atoms with van der Waals surface area (Å²) in [6, 6.07) is 8.19. The molecule has 0 aromatic heterocycles. The van der Waals surface area contributed by atoms with Crippen LogP contribution < -0.4 is 15.0 Å². The van der Waals surface area contributed by atoms with Gasteiger partial charge in [-0.05, 0) is 37.1 Å². The predicted molar refractivity (Wildman–Crippen MR) is 114 cm³/mol. The number of aliphatic hydroxyl groups excluding tert-OH is 1. The van der Waals surface area contributed by atoms with E-state index in [1.54, 1.807) is 7.11 Å². The monoisotopic (exact) mass is 392 g/mol. The average molecular weight is 393 g/mol. The quantitative estimate of drug-likeness (QED) is 0.494. The second kappa shape index (κ2) is 11.8. The van der Waals surface area contributed by atoms with Crippen molar-refractivity contribution in [2.24, 2.45) is 10.9 Å². The molecule has 2 N–H and O–H groups in total. The van der Waals surface area contributed by atoms with Crippen molar-refractivity contribution in [1.82, 2.24) is 10.2 Å². The van der Waals surface area contributed by atoms with Crippen molar-refractivity contribution in [3.8, 4) is 5.75 Å². The number of hydrogen-bond acceptors (Lipinski definition) is 5. The summed E-state index contributed by atoms with van der Waals surface area (Å²) >= 11 is 0. The lowest BCUT2D eigenvalue weighted by atomic mass is 10.2. The lowest BCUT2D eigenvalue weighted by Gasteiger charge is -2.37. The van der Waals surface area contributed by atoms with Crippen LogP contribution in [-0.4, -0.2) is 81.7 Å². The summed E-state index contributed by atoms with van der Waals surface area (Å²) in [5.74, 6) is 2.20. The number of anilines is 1. The van der Waals surface area contributed by atoms with Gasteiger partial charge in [0, 0.05) is 45.0 Å². The Morgan fingerprint density at radius 1 is 1.14 bits per heavy atom. The maximum Gasteiger partial charge on any atom is 0.194 e. The predicted octanol–water partition coefficient (Wildman–Crippen LogP) is 1.82. The van der Waals surface area contributed by atoms with E-state index in [4.69, 9.17) is 9.47 Å². The van der Waals surface area contributed by atoms with Crippen LogP contribution in [-0.2, 0) is 4.74 Å². The number of rotatable bonds is 9. The zero-order valence-corrected chi connectivity index (χ0v) is 17.7. The van der Waals surface area contributed by atoms with Gasteiger partial charge in [-0.15, -0.1) is 0 Å². The lowest BCUT2D eigenvalue weighted by molar-refractivity contribution is 0.0300. The van der Waals surface area contributed by atoms with Crippen LogP contribution in [0.1, 0.15) is 20.8 Å². The van der Waals surface area contributed by atoms with E-state index in [9.17, 15) is 5.11 Å². The minimum atomic E-state index is -0.576. The number of nitrogens with one attached hydrogen (secondary N) is 1. The molecule has 7 nitrogen and oxygen atoms in total. The number of nitrogens with zero attached hydrogens (tertiary/aromatic N) is 3. The normalized spacial score (nSPS) is 16.4. The van der Waals surface area contributed by atoms with Gasteiger partial charge in [-0.25, -0.2) is 0 Å². The van der Waals surface area contributed by atoms with Gasteiger partial charge in [0.2, 0.25) is 0 Å². The fourth-order valence-electron chi connectivity index (χ4n) is 3.08. The molecule has 1 aromatic rings. The summed E-state index contributed by atoms with van der Waals surface area (Å²) in [5.41, 5.74) is 1.21. The Balaban J connectivity index is 1.85. The molecule has 28 heavy (non-hydrogen) atoms. The molecule has 0 radical (unpaired) electrons. The standard InChI is InChI=1S/C21H36N4O3/c1-5-22-21(23-14-19(26)16-28-15-17(2)3)25-12-10-24(11-13-25)18-6-8-20(27-4)9-7-18/h6-9,17,19,26H,5,10-16H2,1-4H3,(H,22,23). The molecule has 1 aliphatic rings. The number of methoxy groups -OCH3 is 1. The van der Waals surface area contributed by atoms with E-state index in [0.29, 0.717) is 25.7 Å². The largest absolute Gasteiger partial charge is 0.497 e. The molecule has 1 unspecified atom stereocenters. The van der Waals surface area contributed by atoms with E-state index in [-0.39, 0.29) is 0 Å². The van der Waals surface area contributed by atoms with E-state index in [2.05, 4.69) is 53.0 Å². The molecule has 0 amide bonds. The molecule has 0 spiro atoms. The van der Waals surface area contributed by atoms with Crippen molar-refractivity contribution in [1.29, 1.82) is 0 Å². The maximum absolute atomic E-state index is 10.1.